The minimum atomic E-state index is -0.351. The molecule has 0 bridgehead atoms. The number of carbonyl (C=O) groups excluding carboxylic acids is 1. The van der Waals surface area contributed by atoms with Crippen molar-refractivity contribution in [1.82, 2.24) is 5.43 Å². The molecular formula is C19H20N2O4. The largest absolute Gasteiger partial charge is 0.493 e. The number of benzene rings is 2. The van der Waals surface area contributed by atoms with E-state index in [1.54, 1.807) is 30.5 Å². The highest BCUT2D eigenvalue weighted by atomic mass is 16.5. The second-order valence-electron chi connectivity index (χ2n) is 4.94. The van der Waals surface area contributed by atoms with Gasteiger partial charge in [-0.05, 0) is 35.9 Å². The summed E-state index contributed by atoms with van der Waals surface area (Å²) in [5.74, 6) is 1.39. The molecule has 1 amide bonds. The number of amides is 1. The molecule has 6 heteroatoms. The fourth-order valence-electron chi connectivity index (χ4n) is 2.05. The number of nitrogens with one attached hydrogen (secondary N) is 1. The summed E-state index contributed by atoms with van der Waals surface area (Å²) in [5, 5.41) is 3.97. The molecule has 0 fully saturated rings. The number of ether oxygens (including phenoxy) is 3. The molecule has 130 valence electrons. The van der Waals surface area contributed by atoms with Crippen molar-refractivity contribution >= 4 is 12.1 Å². The molecule has 0 unspecified atom stereocenters. The van der Waals surface area contributed by atoms with Crippen LogP contribution >= 0.6 is 0 Å². The van der Waals surface area contributed by atoms with E-state index < -0.39 is 0 Å². The number of hydrazone groups is 1. The van der Waals surface area contributed by atoms with E-state index in [1.165, 1.54) is 14.2 Å². The summed E-state index contributed by atoms with van der Waals surface area (Å²) in [6.07, 6.45) is 3.21. The van der Waals surface area contributed by atoms with Crippen LogP contribution in [0, 0.1) is 0 Å². The van der Waals surface area contributed by atoms with E-state index >= 15 is 0 Å². The van der Waals surface area contributed by atoms with Gasteiger partial charge in [0, 0.05) is 5.56 Å². The molecule has 0 spiro atoms. The lowest BCUT2D eigenvalue weighted by atomic mass is 10.2. The molecule has 6 nitrogen and oxygen atoms in total. The average Bonchev–Trinajstić information content (AvgIpc) is 2.66. The Labute approximate surface area is 146 Å². The van der Waals surface area contributed by atoms with Crippen LogP contribution in [0.4, 0.5) is 0 Å². The molecule has 1 N–H and O–H groups in total. The lowest BCUT2D eigenvalue weighted by molar-refractivity contribution is 0.0954. The van der Waals surface area contributed by atoms with Crippen LogP contribution in [0.1, 0.15) is 15.9 Å². The lowest BCUT2D eigenvalue weighted by Crippen LogP contribution is -2.17. The van der Waals surface area contributed by atoms with Crippen molar-refractivity contribution in [2.24, 2.45) is 5.10 Å². The predicted molar refractivity (Wildman–Crippen MR) is 96.7 cm³/mol. The molecule has 0 atom stereocenters. The molecule has 0 saturated heterocycles. The third-order valence-electron chi connectivity index (χ3n) is 3.25. The quantitative estimate of drug-likeness (QED) is 0.456. The number of nitrogens with zero attached hydrogens (tertiary/aromatic N) is 1. The van der Waals surface area contributed by atoms with E-state index in [-0.39, 0.29) is 5.91 Å². The molecule has 2 aromatic carbocycles. The zero-order valence-electron chi connectivity index (χ0n) is 14.2. The Morgan fingerprint density at radius 3 is 2.68 bits per heavy atom. The van der Waals surface area contributed by atoms with Crippen LogP contribution in [0.15, 0.2) is 60.2 Å². The molecule has 2 aromatic rings. The molecule has 0 heterocycles. The Bertz CT molecular complexity index is 772. The number of hydrogen-bond donors (Lipinski definition) is 1. The molecule has 2 rings (SSSR count). The van der Waals surface area contributed by atoms with Crippen molar-refractivity contribution in [3.63, 3.8) is 0 Å². The van der Waals surface area contributed by atoms with Crippen molar-refractivity contribution < 1.29 is 19.0 Å². The summed E-state index contributed by atoms with van der Waals surface area (Å²) in [6, 6.07) is 12.2. The van der Waals surface area contributed by atoms with Gasteiger partial charge < -0.3 is 14.2 Å². The van der Waals surface area contributed by atoms with Crippen molar-refractivity contribution in [3.05, 3.63) is 66.2 Å². The zero-order valence-corrected chi connectivity index (χ0v) is 14.2. The van der Waals surface area contributed by atoms with Gasteiger partial charge in [0.15, 0.2) is 11.5 Å². The SMILES string of the molecule is C=CCOc1cccc(C=NNC(=O)c2ccc(OC)c(OC)c2)c1. The molecule has 0 aliphatic rings. The fraction of sp³-hybridized carbons (Fsp3) is 0.158. The van der Waals surface area contributed by atoms with E-state index in [4.69, 9.17) is 14.2 Å². The van der Waals surface area contributed by atoms with Gasteiger partial charge in [0.25, 0.3) is 5.91 Å². The molecular weight excluding hydrogens is 320 g/mol. The Kier molecular flexibility index (Phi) is 6.59. The number of hydrogen-bond acceptors (Lipinski definition) is 5. The highest BCUT2D eigenvalue weighted by Gasteiger charge is 2.09. The summed E-state index contributed by atoms with van der Waals surface area (Å²) in [6.45, 7) is 4.03. The predicted octanol–water partition coefficient (Wildman–Crippen LogP) is 3.03. The fourth-order valence-corrected chi connectivity index (χ4v) is 2.05. The number of rotatable bonds is 8. The highest BCUT2D eigenvalue weighted by molar-refractivity contribution is 5.95. The van der Waals surface area contributed by atoms with E-state index in [1.807, 2.05) is 24.3 Å². The Morgan fingerprint density at radius 1 is 1.16 bits per heavy atom. The van der Waals surface area contributed by atoms with Gasteiger partial charge >= 0.3 is 0 Å². The molecule has 0 aliphatic carbocycles. The minimum absolute atomic E-state index is 0.351. The number of methoxy groups -OCH3 is 2. The maximum atomic E-state index is 12.2. The van der Waals surface area contributed by atoms with Crippen molar-refractivity contribution in [3.8, 4) is 17.2 Å². The molecule has 0 radical (unpaired) electrons. The zero-order chi connectivity index (χ0) is 18.1. The van der Waals surface area contributed by atoms with Crippen LogP contribution < -0.4 is 19.6 Å². The van der Waals surface area contributed by atoms with Gasteiger partial charge in [-0.2, -0.15) is 5.10 Å². The summed E-state index contributed by atoms with van der Waals surface area (Å²) in [4.78, 5) is 12.2. The molecule has 0 aromatic heterocycles. The van der Waals surface area contributed by atoms with Crippen LogP contribution in [0.2, 0.25) is 0 Å². The van der Waals surface area contributed by atoms with Crippen LogP contribution in [-0.4, -0.2) is 32.9 Å². The van der Waals surface area contributed by atoms with Gasteiger partial charge in [-0.1, -0.05) is 24.8 Å². The summed E-state index contributed by atoms with van der Waals surface area (Å²) in [5.41, 5.74) is 3.69. The first-order valence-corrected chi connectivity index (χ1v) is 7.57. The van der Waals surface area contributed by atoms with Crippen LogP contribution in [0.25, 0.3) is 0 Å². The first-order chi connectivity index (χ1) is 12.2. The van der Waals surface area contributed by atoms with Crippen molar-refractivity contribution in [2.45, 2.75) is 0 Å². The molecule has 25 heavy (non-hydrogen) atoms. The van der Waals surface area contributed by atoms with Crippen LogP contribution in [0.3, 0.4) is 0 Å². The van der Waals surface area contributed by atoms with Crippen LogP contribution in [0.5, 0.6) is 17.2 Å². The topological polar surface area (TPSA) is 69.2 Å². The highest BCUT2D eigenvalue weighted by Crippen LogP contribution is 2.27. The minimum Gasteiger partial charge on any atom is -0.493 e. The Morgan fingerprint density at radius 2 is 1.96 bits per heavy atom. The van der Waals surface area contributed by atoms with Crippen molar-refractivity contribution in [2.75, 3.05) is 20.8 Å². The third-order valence-corrected chi connectivity index (χ3v) is 3.25. The monoisotopic (exact) mass is 340 g/mol. The maximum absolute atomic E-state index is 12.2. The molecule has 0 saturated carbocycles. The van der Waals surface area contributed by atoms with Crippen molar-refractivity contribution in [1.29, 1.82) is 0 Å². The lowest BCUT2D eigenvalue weighted by Gasteiger charge is -2.08. The Balaban J connectivity index is 2.02. The third kappa shape index (κ3) is 5.10. The summed E-state index contributed by atoms with van der Waals surface area (Å²) >= 11 is 0. The van der Waals surface area contributed by atoms with Gasteiger partial charge in [-0.25, -0.2) is 5.43 Å². The van der Waals surface area contributed by atoms with Gasteiger partial charge in [-0.3, -0.25) is 4.79 Å². The smallest absolute Gasteiger partial charge is 0.271 e. The second-order valence-corrected chi connectivity index (χ2v) is 4.94. The van der Waals surface area contributed by atoms with Crippen LogP contribution in [-0.2, 0) is 0 Å². The first-order valence-electron chi connectivity index (χ1n) is 7.57. The van der Waals surface area contributed by atoms with Gasteiger partial charge in [0.1, 0.15) is 12.4 Å². The van der Waals surface area contributed by atoms with E-state index in [9.17, 15) is 4.79 Å². The van der Waals surface area contributed by atoms with Gasteiger partial charge in [0.2, 0.25) is 0 Å². The normalized spacial score (nSPS) is 10.3. The summed E-state index contributed by atoms with van der Waals surface area (Å²) < 4.78 is 15.8. The summed E-state index contributed by atoms with van der Waals surface area (Å²) in [7, 11) is 3.05. The van der Waals surface area contributed by atoms with Gasteiger partial charge in [-0.15, -0.1) is 0 Å². The van der Waals surface area contributed by atoms with Gasteiger partial charge in [0.05, 0.1) is 20.4 Å². The average molecular weight is 340 g/mol. The van der Waals surface area contributed by atoms with E-state index in [0.717, 1.165) is 5.56 Å². The molecule has 0 aliphatic heterocycles. The number of carbonyl (C=O) groups is 1. The first kappa shape index (κ1) is 18.1. The van der Waals surface area contributed by atoms with E-state index in [0.29, 0.717) is 29.4 Å². The van der Waals surface area contributed by atoms with E-state index in [2.05, 4.69) is 17.1 Å². The standard InChI is InChI=1S/C19H20N2O4/c1-4-10-25-16-7-5-6-14(11-16)13-20-21-19(22)15-8-9-17(23-2)18(12-15)24-3/h4-9,11-13H,1,10H2,2-3H3,(H,21,22). The Hall–Kier alpha value is -3.28. The second kappa shape index (κ2) is 9.12. The maximum Gasteiger partial charge on any atom is 0.271 e.